The van der Waals surface area contributed by atoms with Crippen LogP contribution in [0, 0.1) is 5.95 Å². The van der Waals surface area contributed by atoms with Crippen molar-refractivity contribution in [2.24, 2.45) is 0 Å². The topological polar surface area (TPSA) is 119 Å². The highest BCUT2D eigenvalue weighted by Crippen LogP contribution is 2.45. The Hall–Kier alpha value is -3.98. The second-order valence-corrected chi connectivity index (χ2v) is 10.5. The predicted octanol–water partition coefficient (Wildman–Crippen LogP) is 4.03. The number of fused-ring (bicyclic) bond motifs is 5. The number of nitrogen functional groups attached to an aromatic ring is 1. The number of H-pyrrole nitrogens is 1. The molecule has 0 bridgehead atoms. The van der Waals surface area contributed by atoms with Crippen molar-refractivity contribution in [3.63, 3.8) is 0 Å². The van der Waals surface area contributed by atoms with E-state index in [0.717, 1.165) is 24.0 Å². The van der Waals surface area contributed by atoms with Crippen molar-refractivity contribution in [2.75, 3.05) is 5.73 Å². The van der Waals surface area contributed by atoms with Gasteiger partial charge in [0.05, 0.1) is 29.1 Å². The minimum absolute atomic E-state index is 0.0860. The molecule has 37 heavy (non-hydrogen) atoms. The van der Waals surface area contributed by atoms with E-state index in [4.69, 9.17) is 17.3 Å². The zero-order valence-electron chi connectivity index (χ0n) is 19.6. The fraction of sp³-hybridized carbons (Fsp3) is 0.259. The highest BCUT2D eigenvalue weighted by atomic mass is 35.5. The van der Waals surface area contributed by atoms with Crippen LogP contribution in [0.2, 0.25) is 5.02 Å². The number of aromatic nitrogens is 4. The molecule has 1 spiro atoms. The number of aromatic amines is 1. The van der Waals surface area contributed by atoms with E-state index in [-0.39, 0.29) is 28.4 Å². The van der Waals surface area contributed by atoms with Gasteiger partial charge in [0.15, 0.2) is 0 Å². The largest absolute Gasteiger partial charge is 0.384 e. The lowest BCUT2D eigenvalue weighted by Gasteiger charge is -2.26. The number of benzene rings is 1. The number of anilines is 1. The van der Waals surface area contributed by atoms with Crippen LogP contribution < -0.4 is 16.6 Å². The molecule has 8 nitrogen and oxygen atoms in total. The van der Waals surface area contributed by atoms with Crippen molar-refractivity contribution >= 4 is 23.3 Å². The lowest BCUT2D eigenvalue weighted by atomic mass is 9.88. The first-order valence-corrected chi connectivity index (χ1v) is 12.6. The van der Waals surface area contributed by atoms with Gasteiger partial charge in [0, 0.05) is 27.9 Å². The number of hydrogen-bond acceptors (Lipinski definition) is 5. The zero-order chi connectivity index (χ0) is 25.5. The number of imidazole rings is 1. The summed E-state index contributed by atoms with van der Waals surface area (Å²) in [5.74, 6) is -0.274. The molecular weight excluding hydrogens is 495 g/mol. The summed E-state index contributed by atoms with van der Waals surface area (Å²) >= 11 is 6.36. The predicted molar refractivity (Wildman–Crippen MR) is 137 cm³/mol. The molecule has 4 N–H and O–H groups in total. The molecule has 1 fully saturated rings. The van der Waals surface area contributed by atoms with Crippen molar-refractivity contribution in [1.82, 2.24) is 24.8 Å². The smallest absolute Gasteiger partial charge is 0.254 e. The number of nitrogens with zero attached hydrogens (tertiary/aromatic N) is 3. The number of carbonyl (C=O) groups excluding carboxylic acids is 1. The van der Waals surface area contributed by atoms with Crippen LogP contribution in [0.5, 0.6) is 0 Å². The van der Waals surface area contributed by atoms with Crippen LogP contribution in [0.4, 0.5) is 10.2 Å². The van der Waals surface area contributed by atoms with Crippen molar-refractivity contribution in [1.29, 1.82) is 0 Å². The second-order valence-electron chi connectivity index (χ2n) is 10.1. The van der Waals surface area contributed by atoms with E-state index < -0.39 is 12.0 Å². The summed E-state index contributed by atoms with van der Waals surface area (Å²) in [6.07, 6.45) is 5.15. The number of hydrogen-bond donors (Lipinski definition) is 3. The van der Waals surface area contributed by atoms with Crippen molar-refractivity contribution in [3.05, 3.63) is 86.6 Å². The van der Waals surface area contributed by atoms with Gasteiger partial charge in [0.1, 0.15) is 11.6 Å². The van der Waals surface area contributed by atoms with E-state index in [2.05, 4.69) is 20.3 Å². The van der Waals surface area contributed by atoms with Crippen molar-refractivity contribution in [2.45, 2.75) is 43.7 Å². The van der Waals surface area contributed by atoms with Gasteiger partial charge in [-0.1, -0.05) is 17.7 Å². The average Bonchev–Trinajstić information content (AvgIpc) is 3.24. The SMILES string of the molecule is Nc1ccc(-c2cnc(C3CCc4c5c(cc(=O)n43)-c3cc(Cl)ccc3CC3(CC3)NC5=O)[nH]2)c(F)n1. The zero-order valence-corrected chi connectivity index (χ0v) is 20.4. The van der Waals surface area contributed by atoms with Gasteiger partial charge in [-0.3, -0.25) is 9.59 Å². The number of rotatable bonds is 2. The molecule has 1 saturated carbocycles. The third-order valence-electron chi connectivity index (χ3n) is 7.74. The highest BCUT2D eigenvalue weighted by molar-refractivity contribution is 6.31. The first kappa shape index (κ1) is 22.2. The highest BCUT2D eigenvalue weighted by Gasteiger charge is 2.47. The van der Waals surface area contributed by atoms with Crippen LogP contribution in [0.15, 0.2) is 47.4 Å². The Balaban J connectivity index is 1.37. The maximum absolute atomic E-state index is 14.4. The third kappa shape index (κ3) is 3.48. The van der Waals surface area contributed by atoms with E-state index in [0.29, 0.717) is 52.6 Å². The maximum atomic E-state index is 14.4. The molecule has 3 aliphatic rings. The standard InChI is InChI=1S/C27H22ClFN6O2/c28-14-2-1-13-11-27(7-8-27)34-26(37)23-17(16(13)9-14)10-22(36)35-19(23)4-5-20(35)25-31-12-18(32-25)15-3-6-21(30)33-24(15)29/h1-3,6,9-10,12,20H,4-5,7-8,11H2,(H2,30,33)(H,31,32)(H,34,37). The van der Waals surface area contributed by atoms with E-state index >= 15 is 0 Å². The van der Waals surface area contributed by atoms with E-state index in [1.807, 2.05) is 18.2 Å². The lowest BCUT2D eigenvalue weighted by Crippen LogP contribution is -2.41. The van der Waals surface area contributed by atoms with Crippen LogP contribution in [-0.2, 0) is 12.8 Å². The Kier molecular flexibility index (Phi) is 4.66. The number of carbonyl (C=O) groups is 1. The number of pyridine rings is 2. The summed E-state index contributed by atoms with van der Waals surface area (Å²) in [5.41, 5.74) is 9.45. The molecule has 1 aromatic carbocycles. The fourth-order valence-electron chi connectivity index (χ4n) is 5.80. The summed E-state index contributed by atoms with van der Waals surface area (Å²) in [6, 6.07) is 9.85. The van der Waals surface area contributed by atoms with Crippen LogP contribution in [-0.4, -0.2) is 31.0 Å². The molecule has 3 aromatic heterocycles. The molecule has 1 atom stereocenters. The van der Waals surface area contributed by atoms with Crippen molar-refractivity contribution in [3.8, 4) is 22.4 Å². The number of halogens is 2. The summed E-state index contributed by atoms with van der Waals surface area (Å²) < 4.78 is 16.0. The molecule has 10 heteroatoms. The molecule has 0 radical (unpaired) electrons. The van der Waals surface area contributed by atoms with Gasteiger partial charge in [-0.25, -0.2) is 9.97 Å². The Bertz CT molecular complexity index is 1690. The van der Waals surface area contributed by atoms with Gasteiger partial charge < -0.3 is 20.6 Å². The molecular formula is C27H22ClFN6O2. The summed E-state index contributed by atoms with van der Waals surface area (Å²) in [5, 5.41) is 3.81. The Morgan fingerprint density at radius 3 is 2.73 bits per heavy atom. The monoisotopic (exact) mass is 516 g/mol. The normalized spacial score (nSPS) is 19.0. The van der Waals surface area contributed by atoms with E-state index in [1.54, 1.807) is 4.57 Å². The van der Waals surface area contributed by atoms with Crippen LogP contribution in [0.3, 0.4) is 0 Å². The third-order valence-corrected chi connectivity index (χ3v) is 7.98. The minimum Gasteiger partial charge on any atom is -0.384 e. The van der Waals surface area contributed by atoms with Gasteiger partial charge >= 0.3 is 0 Å². The molecule has 1 aliphatic carbocycles. The fourth-order valence-corrected chi connectivity index (χ4v) is 5.97. The quantitative estimate of drug-likeness (QED) is 0.348. The molecule has 7 rings (SSSR count). The molecule has 0 saturated heterocycles. The van der Waals surface area contributed by atoms with Crippen LogP contribution in [0.1, 0.15) is 52.7 Å². The summed E-state index contributed by atoms with van der Waals surface area (Å²) in [7, 11) is 0. The molecule has 1 unspecified atom stereocenters. The molecule has 2 aliphatic heterocycles. The summed E-state index contributed by atoms with van der Waals surface area (Å²) in [6.45, 7) is 0. The minimum atomic E-state index is -0.705. The lowest BCUT2D eigenvalue weighted by molar-refractivity contribution is 0.0929. The van der Waals surface area contributed by atoms with Gasteiger partial charge in [0.25, 0.3) is 11.5 Å². The second kappa shape index (κ2) is 7.76. The molecule has 186 valence electrons. The number of amides is 1. The molecule has 1 amide bonds. The number of nitrogens with one attached hydrogen (secondary N) is 2. The Labute approximate surface area is 215 Å². The van der Waals surface area contributed by atoms with Gasteiger partial charge in [-0.05, 0) is 67.5 Å². The molecule has 4 aromatic rings. The van der Waals surface area contributed by atoms with Gasteiger partial charge in [0.2, 0.25) is 5.95 Å². The van der Waals surface area contributed by atoms with Crippen molar-refractivity contribution < 1.29 is 9.18 Å². The van der Waals surface area contributed by atoms with E-state index in [9.17, 15) is 14.0 Å². The first-order chi connectivity index (χ1) is 17.8. The Morgan fingerprint density at radius 2 is 1.95 bits per heavy atom. The van der Waals surface area contributed by atoms with Crippen LogP contribution >= 0.6 is 11.6 Å². The van der Waals surface area contributed by atoms with Gasteiger partial charge in [-0.2, -0.15) is 4.39 Å². The first-order valence-electron chi connectivity index (χ1n) is 12.2. The van der Waals surface area contributed by atoms with E-state index in [1.165, 1.54) is 24.4 Å². The Morgan fingerprint density at radius 1 is 1.11 bits per heavy atom. The maximum Gasteiger partial charge on any atom is 0.254 e. The van der Waals surface area contributed by atoms with Gasteiger partial charge in [-0.15, -0.1) is 0 Å². The summed E-state index contributed by atoms with van der Waals surface area (Å²) in [4.78, 5) is 38.5. The molecule has 5 heterocycles. The average molecular weight is 517 g/mol. The van der Waals surface area contributed by atoms with Crippen LogP contribution in [0.25, 0.3) is 22.4 Å². The number of nitrogens with two attached hydrogens (primary N) is 1.